The molecule has 1 heterocycles. The molecule has 4 heteroatoms. The van der Waals surface area contributed by atoms with E-state index in [1.807, 2.05) is 47.2 Å². The molecule has 0 aromatic heterocycles. The van der Waals surface area contributed by atoms with Gasteiger partial charge in [0.15, 0.2) is 0 Å². The van der Waals surface area contributed by atoms with Crippen LogP contribution in [0.5, 0.6) is 0 Å². The number of nitrogens with one attached hydrogen (secondary N) is 1. The molecule has 1 aromatic carbocycles. The number of carbonyl (C=O) groups excluding carboxylic acids is 1. The number of likely N-dealkylation sites (N-methyl/N-ethyl adjacent to an activating group) is 1. The van der Waals surface area contributed by atoms with Crippen LogP contribution in [0.1, 0.15) is 6.42 Å². The maximum absolute atomic E-state index is 12.3. The van der Waals surface area contributed by atoms with E-state index in [4.69, 9.17) is 0 Å². The number of para-hydroxylation sites is 1. The maximum Gasteiger partial charge on any atom is 0.324 e. The third kappa shape index (κ3) is 2.77. The lowest BCUT2D eigenvalue weighted by atomic mass is 10.2. The lowest BCUT2D eigenvalue weighted by molar-refractivity contribution is 0.196. The highest BCUT2D eigenvalue weighted by Gasteiger charge is 2.25. The van der Waals surface area contributed by atoms with E-state index < -0.39 is 0 Å². The van der Waals surface area contributed by atoms with E-state index in [0.29, 0.717) is 0 Å². The number of anilines is 1. The van der Waals surface area contributed by atoms with Crippen LogP contribution in [0.25, 0.3) is 0 Å². The molecular formula is C13H19N3O. The molecule has 2 rings (SSSR count). The standard InChI is InChI=1S/C13H19N3O/c1-14-8-11-15-9-5-10-16(13(15)17)12-6-3-2-4-7-12/h2-4,6-7,14H,5,8-11H2,1H3. The van der Waals surface area contributed by atoms with Gasteiger partial charge in [-0.1, -0.05) is 18.2 Å². The zero-order valence-corrected chi connectivity index (χ0v) is 10.2. The van der Waals surface area contributed by atoms with Gasteiger partial charge in [-0.3, -0.25) is 4.90 Å². The number of carbonyl (C=O) groups is 1. The monoisotopic (exact) mass is 233 g/mol. The third-order valence-corrected chi connectivity index (χ3v) is 3.01. The van der Waals surface area contributed by atoms with Gasteiger partial charge in [-0.2, -0.15) is 0 Å². The van der Waals surface area contributed by atoms with E-state index in [1.165, 1.54) is 0 Å². The first kappa shape index (κ1) is 11.9. The number of rotatable bonds is 4. The summed E-state index contributed by atoms with van der Waals surface area (Å²) in [6.07, 6.45) is 1.03. The summed E-state index contributed by atoms with van der Waals surface area (Å²) in [6.45, 7) is 3.30. The van der Waals surface area contributed by atoms with Crippen molar-refractivity contribution in [2.45, 2.75) is 6.42 Å². The molecule has 0 bridgehead atoms. The molecule has 1 N–H and O–H groups in total. The third-order valence-electron chi connectivity index (χ3n) is 3.01. The van der Waals surface area contributed by atoms with E-state index in [9.17, 15) is 4.79 Å². The van der Waals surface area contributed by atoms with Crippen LogP contribution >= 0.6 is 0 Å². The fraction of sp³-hybridized carbons (Fsp3) is 0.462. The number of nitrogens with zero attached hydrogens (tertiary/aromatic N) is 2. The molecule has 0 saturated carbocycles. The van der Waals surface area contributed by atoms with Gasteiger partial charge in [0.1, 0.15) is 0 Å². The molecule has 1 aliphatic heterocycles. The summed E-state index contributed by atoms with van der Waals surface area (Å²) in [6, 6.07) is 10.00. The van der Waals surface area contributed by atoms with Crippen molar-refractivity contribution in [2.75, 3.05) is 38.1 Å². The largest absolute Gasteiger partial charge is 0.324 e. The summed E-state index contributed by atoms with van der Waals surface area (Å²) < 4.78 is 0. The molecule has 0 atom stereocenters. The quantitative estimate of drug-likeness (QED) is 0.856. The summed E-state index contributed by atoms with van der Waals surface area (Å²) in [4.78, 5) is 16.0. The van der Waals surface area contributed by atoms with Crippen LogP contribution in [-0.2, 0) is 0 Å². The van der Waals surface area contributed by atoms with Gasteiger partial charge in [0.25, 0.3) is 0 Å². The van der Waals surface area contributed by atoms with Crippen LogP contribution < -0.4 is 10.2 Å². The second-order valence-corrected chi connectivity index (χ2v) is 4.21. The Balaban J connectivity index is 2.06. The van der Waals surface area contributed by atoms with E-state index >= 15 is 0 Å². The average molecular weight is 233 g/mol. The molecule has 92 valence electrons. The molecule has 0 spiro atoms. The highest BCUT2D eigenvalue weighted by atomic mass is 16.2. The SMILES string of the molecule is CNCCN1CCCN(c2ccccc2)C1=O. The van der Waals surface area contributed by atoms with Crippen LogP contribution in [-0.4, -0.2) is 44.2 Å². The van der Waals surface area contributed by atoms with Gasteiger partial charge in [0.05, 0.1) is 0 Å². The summed E-state index contributed by atoms with van der Waals surface area (Å²) in [7, 11) is 1.91. The Morgan fingerprint density at radius 2 is 2.00 bits per heavy atom. The summed E-state index contributed by atoms with van der Waals surface area (Å²) >= 11 is 0. The van der Waals surface area contributed by atoms with E-state index in [0.717, 1.165) is 38.3 Å². The topological polar surface area (TPSA) is 35.6 Å². The number of urea groups is 1. The summed E-state index contributed by atoms with van der Waals surface area (Å²) in [5.41, 5.74) is 0.992. The molecule has 1 aliphatic rings. The zero-order valence-electron chi connectivity index (χ0n) is 10.2. The molecular weight excluding hydrogens is 214 g/mol. The fourth-order valence-electron chi connectivity index (χ4n) is 2.08. The van der Waals surface area contributed by atoms with Crippen molar-refractivity contribution in [3.8, 4) is 0 Å². The van der Waals surface area contributed by atoms with Gasteiger partial charge in [-0.25, -0.2) is 4.79 Å². The molecule has 1 saturated heterocycles. The fourth-order valence-corrected chi connectivity index (χ4v) is 2.08. The number of amides is 2. The van der Waals surface area contributed by atoms with Crippen molar-refractivity contribution in [3.63, 3.8) is 0 Å². The van der Waals surface area contributed by atoms with Gasteiger partial charge in [0, 0.05) is 31.9 Å². The predicted molar refractivity (Wildman–Crippen MR) is 69.3 cm³/mol. The number of benzene rings is 1. The Bertz CT molecular complexity index is 366. The van der Waals surface area contributed by atoms with Crippen LogP contribution in [0.15, 0.2) is 30.3 Å². The highest BCUT2D eigenvalue weighted by molar-refractivity contribution is 5.92. The minimum Gasteiger partial charge on any atom is -0.323 e. The number of hydrogen-bond acceptors (Lipinski definition) is 2. The van der Waals surface area contributed by atoms with Crippen molar-refractivity contribution in [3.05, 3.63) is 30.3 Å². The molecule has 2 amide bonds. The molecule has 4 nitrogen and oxygen atoms in total. The normalized spacial score (nSPS) is 16.4. The first-order chi connectivity index (χ1) is 8.33. The van der Waals surface area contributed by atoms with Crippen LogP contribution in [0.2, 0.25) is 0 Å². The second kappa shape index (κ2) is 5.68. The van der Waals surface area contributed by atoms with Gasteiger partial charge >= 0.3 is 6.03 Å². The average Bonchev–Trinajstić information content (AvgIpc) is 2.39. The van der Waals surface area contributed by atoms with Gasteiger partial charge < -0.3 is 10.2 Å². The Morgan fingerprint density at radius 3 is 2.71 bits per heavy atom. The van der Waals surface area contributed by atoms with Crippen molar-refractivity contribution < 1.29 is 4.79 Å². The first-order valence-electron chi connectivity index (χ1n) is 6.09. The Labute approximate surface area is 102 Å². The first-order valence-corrected chi connectivity index (χ1v) is 6.09. The predicted octanol–water partition coefficient (Wildman–Crippen LogP) is 1.54. The van der Waals surface area contributed by atoms with Crippen LogP contribution in [0, 0.1) is 0 Å². The smallest absolute Gasteiger partial charge is 0.323 e. The minimum absolute atomic E-state index is 0.123. The number of hydrogen-bond donors (Lipinski definition) is 1. The van der Waals surface area contributed by atoms with Crippen molar-refractivity contribution in [1.82, 2.24) is 10.2 Å². The highest BCUT2D eigenvalue weighted by Crippen LogP contribution is 2.19. The molecule has 1 fully saturated rings. The zero-order chi connectivity index (χ0) is 12.1. The molecule has 1 aromatic rings. The van der Waals surface area contributed by atoms with Crippen LogP contribution in [0.4, 0.5) is 10.5 Å². The Kier molecular flexibility index (Phi) is 3.98. The van der Waals surface area contributed by atoms with Gasteiger partial charge in [0.2, 0.25) is 0 Å². The van der Waals surface area contributed by atoms with Crippen LogP contribution in [0.3, 0.4) is 0 Å². The molecule has 0 aliphatic carbocycles. The lowest BCUT2D eigenvalue weighted by Gasteiger charge is -2.35. The second-order valence-electron chi connectivity index (χ2n) is 4.21. The maximum atomic E-state index is 12.3. The summed E-state index contributed by atoms with van der Waals surface area (Å²) in [5, 5.41) is 3.08. The van der Waals surface area contributed by atoms with Gasteiger partial charge in [-0.15, -0.1) is 0 Å². The van der Waals surface area contributed by atoms with Gasteiger partial charge in [-0.05, 0) is 25.6 Å². The molecule has 0 unspecified atom stereocenters. The minimum atomic E-state index is 0.123. The van der Waals surface area contributed by atoms with Crippen molar-refractivity contribution in [1.29, 1.82) is 0 Å². The van der Waals surface area contributed by atoms with E-state index in [2.05, 4.69) is 5.32 Å². The van der Waals surface area contributed by atoms with Crippen molar-refractivity contribution >= 4 is 11.7 Å². The Morgan fingerprint density at radius 1 is 1.24 bits per heavy atom. The molecule has 0 radical (unpaired) electrons. The Hall–Kier alpha value is -1.55. The van der Waals surface area contributed by atoms with E-state index in [1.54, 1.807) is 0 Å². The summed E-state index contributed by atoms with van der Waals surface area (Å²) in [5.74, 6) is 0. The van der Waals surface area contributed by atoms with E-state index in [-0.39, 0.29) is 6.03 Å². The lowest BCUT2D eigenvalue weighted by Crippen LogP contribution is -2.51. The molecule has 17 heavy (non-hydrogen) atoms. The van der Waals surface area contributed by atoms with Crippen molar-refractivity contribution in [2.24, 2.45) is 0 Å².